The molecule has 9 heteroatoms. The molecule has 16 heavy (non-hydrogen) atoms. The summed E-state index contributed by atoms with van der Waals surface area (Å²) in [5.74, 6) is 0.401. The van der Waals surface area contributed by atoms with E-state index < -0.39 is 5.97 Å². The number of hydrogen-bond acceptors (Lipinski definition) is 8. The van der Waals surface area contributed by atoms with Crippen LogP contribution >= 0.6 is 23.3 Å². The maximum Gasteiger partial charge on any atom is 0.362 e. The third-order valence-electron chi connectivity index (χ3n) is 1.76. The first-order valence-corrected chi connectivity index (χ1v) is 6.24. The molecule has 0 amide bonds. The van der Waals surface area contributed by atoms with Crippen LogP contribution in [0.3, 0.4) is 0 Å². The van der Waals surface area contributed by atoms with Crippen LogP contribution in [-0.2, 0) is 9.63 Å². The Morgan fingerprint density at radius 2 is 2.38 bits per heavy atom. The van der Waals surface area contributed by atoms with Crippen molar-refractivity contribution in [1.29, 1.82) is 0 Å². The van der Waals surface area contributed by atoms with Crippen molar-refractivity contribution in [2.75, 3.05) is 17.2 Å². The molecule has 1 saturated heterocycles. The zero-order valence-electron chi connectivity index (χ0n) is 7.99. The summed E-state index contributed by atoms with van der Waals surface area (Å²) in [6.45, 7) is 0. The molecule has 1 aromatic rings. The molecule has 0 saturated carbocycles. The first-order chi connectivity index (χ1) is 7.66. The summed E-state index contributed by atoms with van der Waals surface area (Å²) in [5, 5.41) is 12.7. The number of hydrogen-bond donors (Lipinski definition) is 2. The van der Waals surface area contributed by atoms with Gasteiger partial charge in [-0.15, -0.1) is 0 Å². The van der Waals surface area contributed by atoms with Gasteiger partial charge in [-0.05, 0) is 0 Å². The summed E-state index contributed by atoms with van der Waals surface area (Å²) in [6.07, 6.45) is -0.0182. The number of oxime groups is 1. The van der Waals surface area contributed by atoms with Gasteiger partial charge in [0.1, 0.15) is 6.10 Å². The maximum atomic E-state index is 10.9. The number of anilines is 1. The molecule has 0 aromatic carbocycles. The van der Waals surface area contributed by atoms with Crippen molar-refractivity contribution in [3.8, 4) is 0 Å². The van der Waals surface area contributed by atoms with Crippen LogP contribution in [0.1, 0.15) is 5.82 Å². The van der Waals surface area contributed by atoms with Crippen LogP contribution in [-0.4, -0.2) is 43.8 Å². The standard InChI is InChI=1S/C7H8N4O3S2/c8-7-9-5(11-16-7)4(6(12)13)10-14-3-1-15-2-3/h3H,1-2H2,(H,12,13)(H2,8,9,11)/b10-4-. The Kier molecular flexibility index (Phi) is 3.25. The summed E-state index contributed by atoms with van der Waals surface area (Å²) in [4.78, 5) is 19.7. The fourth-order valence-electron chi connectivity index (χ4n) is 0.909. The SMILES string of the molecule is Nc1nc(/C(=N/OC2CSC2)C(=O)O)ns1. The van der Waals surface area contributed by atoms with Gasteiger partial charge in [0.2, 0.25) is 11.5 Å². The Labute approximate surface area is 98.9 Å². The summed E-state index contributed by atoms with van der Waals surface area (Å²) < 4.78 is 3.77. The lowest BCUT2D eigenvalue weighted by molar-refractivity contribution is -0.129. The maximum absolute atomic E-state index is 10.9. The molecule has 0 unspecified atom stereocenters. The van der Waals surface area contributed by atoms with Crippen LogP contribution in [0.4, 0.5) is 5.13 Å². The van der Waals surface area contributed by atoms with Crippen molar-refractivity contribution in [3.63, 3.8) is 0 Å². The summed E-state index contributed by atoms with van der Waals surface area (Å²) in [6, 6.07) is 0. The number of carboxylic acids is 1. The van der Waals surface area contributed by atoms with Crippen LogP contribution in [0.2, 0.25) is 0 Å². The van der Waals surface area contributed by atoms with E-state index in [4.69, 9.17) is 15.7 Å². The van der Waals surface area contributed by atoms with Crippen molar-refractivity contribution in [2.45, 2.75) is 6.10 Å². The molecular formula is C7H8N4O3S2. The van der Waals surface area contributed by atoms with E-state index in [1.165, 1.54) is 0 Å². The fourth-order valence-corrected chi connectivity index (χ4v) is 1.89. The van der Waals surface area contributed by atoms with Gasteiger partial charge in [0.15, 0.2) is 5.13 Å². The second-order valence-electron chi connectivity index (χ2n) is 2.97. The Morgan fingerprint density at radius 3 is 2.81 bits per heavy atom. The van der Waals surface area contributed by atoms with Crippen LogP contribution in [0.15, 0.2) is 5.16 Å². The highest BCUT2D eigenvalue weighted by Gasteiger charge is 2.23. The monoisotopic (exact) mass is 260 g/mol. The molecule has 7 nitrogen and oxygen atoms in total. The number of aliphatic carboxylic acids is 1. The van der Waals surface area contributed by atoms with Gasteiger partial charge in [0, 0.05) is 23.0 Å². The third kappa shape index (κ3) is 2.42. The molecule has 0 bridgehead atoms. The normalized spacial score (nSPS) is 16.9. The number of nitrogens with two attached hydrogens (primary N) is 1. The average molecular weight is 260 g/mol. The van der Waals surface area contributed by atoms with E-state index >= 15 is 0 Å². The van der Waals surface area contributed by atoms with Crippen LogP contribution < -0.4 is 5.73 Å². The predicted molar refractivity (Wildman–Crippen MR) is 60.7 cm³/mol. The zero-order chi connectivity index (χ0) is 11.5. The molecule has 3 N–H and O–H groups in total. The Balaban J connectivity index is 2.12. The minimum absolute atomic E-state index is 0.0121. The van der Waals surface area contributed by atoms with Crippen molar-refractivity contribution >= 4 is 40.1 Å². The Hall–Kier alpha value is -1.35. The van der Waals surface area contributed by atoms with Crippen LogP contribution in [0, 0.1) is 0 Å². The lowest BCUT2D eigenvalue weighted by Crippen LogP contribution is -2.27. The first-order valence-electron chi connectivity index (χ1n) is 4.31. The number of nitrogens with zero attached hydrogens (tertiary/aromatic N) is 3. The van der Waals surface area contributed by atoms with E-state index in [0.29, 0.717) is 0 Å². The molecule has 2 rings (SSSR count). The molecule has 0 spiro atoms. The molecule has 1 aromatic heterocycles. The lowest BCUT2D eigenvalue weighted by Gasteiger charge is -2.21. The van der Waals surface area contributed by atoms with Crippen molar-refractivity contribution < 1.29 is 14.7 Å². The van der Waals surface area contributed by atoms with Crippen molar-refractivity contribution in [2.24, 2.45) is 5.16 Å². The molecule has 0 radical (unpaired) electrons. The summed E-state index contributed by atoms with van der Waals surface area (Å²) >= 11 is 2.63. The Morgan fingerprint density at radius 1 is 1.62 bits per heavy atom. The van der Waals surface area contributed by atoms with Crippen LogP contribution in [0.5, 0.6) is 0 Å². The van der Waals surface area contributed by atoms with Gasteiger partial charge in [-0.1, -0.05) is 5.16 Å². The van der Waals surface area contributed by atoms with Gasteiger partial charge in [0.25, 0.3) is 0 Å². The summed E-state index contributed by atoms with van der Waals surface area (Å²) in [7, 11) is 0. The smallest absolute Gasteiger partial charge is 0.362 e. The molecule has 0 atom stereocenters. The van der Waals surface area contributed by atoms with Crippen molar-refractivity contribution in [1.82, 2.24) is 9.36 Å². The van der Waals surface area contributed by atoms with Gasteiger partial charge >= 0.3 is 5.97 Å². The molecular weight excluding hydrogens is 252 g/mol. The molecule has 1 fully saturated rings. The molecule has 1 aliphatic rings. The highest BCUT2D eigenvalue weighted by molar-refractivity contribution is 8.00. The molecule has 2 heterocycles. The third-order valence-corrected chi connectivity index (χ3v) is 3.51. The number of aromatic nitrogens is 2. The number of thioether (sulfide) groups is 1. The molecule has 1 aliphatic heterocycles. The highest BCUT2D eigenvalue weighted by atomic mass is 32.2. The van der Waals surface area contributed by atoms with E-state index in [0.717, 1.165) is 23.0 Å². The Bertz CT molecular complexity index is 429. The van der Waals surface area contributed by atoms with Gasteiger partial charge in [-0.3, -0.25) is 0 Å². The highest BCUT2D eigenvalue weighted by Crippen LogP contribution is 2.21. The van der Waals surface area contributed by atoms with E-state index in [2.05, 4.69) is 14.5 Å². The minimum atomic E-state index is -1.23. The largest absolute Gasteiger partial charge is 0.476 e. The summed E-state index contributed by atoms with van der Waals surface area (Å²) in [5.41, 5.74) is 5.05. The zero-order valence-corrected chi connectivity index (χ0v) is 9.62. The number of carbonyl (C=O) groups is 1. The average Bonchev–Trinajstić information content (AvgIpc) is 2.55. The number of nitrogen functional groups attached to an aromatic ring is 1. The first kappa shape index (κ1) is 11.1. The van der Waals surface area contributed by atoms with Crippen molar-refractivity contribution in [3.05, 3.63) is 5.82 Å². The minimum Gasteiger partial charge on any atom is -0.476 e. The fraction of sp³-hybridized carbons (Fsp3) is 0.429. The van der Waals surface area contributed by atoms with Gasteiger partial charge in [0.05, 0.1) is 0 Å². The number of rotatable bonds is 4. The second kappa shape index (κ2) is 4.66. The topological polar surface area (TPSA) is 111 Å². The van der Waals surface area contributed by atoms with Crippen LogP contribution in [0.25, 0.3) is 0 Å². The second-order valence-corrected chi connectivity index (χ2v) is 4.82. The van der Waals surface area contributed by atoms with Gasteiger partial charge in [-0.2, -0.15) is 21.1 Å². The van der Waals surface area contributed by atoms with E-state index in [9.17, 15) is 4.79 Å². The predicted octanol–water partition coefficient (Wildman–Crippen LogP) is 0.0410. The number of carboxylic acid groups (broad SMARTS) is 1. The van der Waals surface area contributed by atoms with E-state index in [-0.39, 0.29) is 22.8 Å². The van der Waals surface area contributed by atoms with E-state index in [1.54, 1.807) is 11.8 Å². The quantitative estimate of drug-likeness (QED) is 0.580. The van der Waals surface area contributed by atoms with Gasteiger partial charge < -0.3 is 15.7 Å². The van der Waals surface area contributed by atoms with Gasteiger partial charge in [-0.25, -0.2) is 4.79 Å². The molecule has 86 valence electrons. The van der Waals surface area contributed by atoms with E-state index in [1.807, 2.05) is 0 Å². The lowest BCUT2D eigenvalue weighted by atomic mass is 10.4. The molecule has 0 aliphatic carbocycles.